The lowest BCUT2D eigenvalue weighted by atomic mass is 10.3. The highest BCUT2D eigenvalue weighted by atomic mass is 16.5. The number of rotatable bonds is 5. The van der Waals surface area contributed by atoms with Crippen molar-refractivity contribution in [3.63, 3.8) is 0 Å². The van der Waals surface area contributed by atoms with Gasteiger partial charge in [0.1, 0.15) is 11.4 Å². The van der Waals surface area contributed by atoms with Gasteiger partial charge in [0.2, 0.25) is 0 Å². The molecule has 0 aliphatic rings. The molecular weight excluding hydrogens is 214 g/mol. The van der Waals surface area contributed by atoms with Gasteiger partial charge < -0.3 is 4.74 Å². The van der Waals surface area contributed by atoms with Crippen molar-refractivity contribution in [1.82, 2.24) is 5.01 Å². The molecule has 0 aliphatic carbocycles. The van der Waals surface area contributed by atoms with Crippen molar-refractivity contribution in [3.8, 4) is 5.75 Å². The maximum absolute atomic E-state index is 5.23. The number of para-hydroxylation sites is 1. The number of hydrogen-bond donors (Lipinski definition) is 0. The van der Waals surface area contributed by atoms with Crippen LogP contribution in [0.2, 0.25) is 0 Å². The van der Waals surface area contributed by atoms with E-state index in [4.69, 9.17) is 4.74 Å². The number of benzene rings is 1. The molecule has 4 heteroatoms. The van der Waals surface area contributed by atoms with Crippen LogP contribution in [0, 0.1) is 0 Å². The molecule has 0 N–H and O–H groups in total. The fraction of sp³-hybridized carbons (Fsp3) is 0.538. The fourth-order valence-corrected chi connectivity index (χ4v) is 1.62. The summed E-state index contributed by atoms with van der Waals surface area (Å²) in [5.74, 6) is 0.740. The zero-order chi connectivity index (χ0) is 12.8. The molecule has 0 radical (unpaired) electrons. The van der Waals surface area contributed by atoms with E-state index in [0.29, 0.717) is 12.1 Å². The largest absolute Gasteiger partial charge is 0.494 e. The first-order valence-electron chi connectivity index (χ1n) is 5.89. The third-order valence-corrected chi connectivity index (χ3v) is 2.40. The molecule has 0 heterocycles. The average molecular weight is 235 g/mol. The molecule has 17 heavy (non-hydrogen) atoms. The van der Waals surface area contributed by atoms with Gasteiger partial charge in [0, 0.05) is 12.1 Å². The van der Waals surface area contributed by atoms with Crippen LogP contribution in [0.3, 0.4) is 0 Å². The van der Waals surface area contributed by atoms with Crippen molar-refractivity contribution in [2.75, 3.05) is 7.11 Å². The molecule has 0 atom stereocenters. The van der Waals surface area contributed by atoms with Crippen LogP contribution in [-0.4, -0.2) is 24.2 Å². The highest BCUT2D eigenvalue weighted by Crippen LogP contribution is 2.27. The number of hydrogen-bond acceptors (Lipinski definition) is 3. The number of nitrogens with zero attached hydrogens (tertiary/aromatic N) is 3. The molecule has 1 aromatic rings. The molecule has 0 aromatic heterocycles. The van der Waals surface area contributed by atoms with Gasteiger partial charge in [-0.15, -0.1) is 5.11 Å². The minimum Gasteiger partial charge on any atom is -0.494 e. The minimum absolute atomic E-state index is 0.327. The van der Waals surface area contributed by atoms with Crippen LogP contribution in [0.1, 0.15) is 27.7 Å². The lowest BCUT2D eigenvalue weighted by Gasteiger charge is -2.25. The van der Waals surface area contributed by atoms with Crippen molar-refractivity contribution in [1.29, 1.82) is 0 Å². The van der Waals surface area contributed by atoms with Gasteiger partial charge in [-0.25, -0.2) is 0 Å². The summed E-state index contributed by atoms with van der Waals surface area (Å²) in [5, 5.41) is 10.5. The van der Waals surface area contributed by atoms with Gasteiger partial charge in [0.25, 0.3) is 0 Å². The Hall–Kier alpha value is -1.58. The summed E-state index contributed by atoms with van der Waals surface area (Å²) in [6, 6.07) is 8.26. The number of ether oxygens (including phenoxy) is 1. The first kappa shape index (κ1) is 13.5. The molecule has 0 spiro atoms. The standard InChI is InChI=1S/C13H21N3O/c1-10(2)16(11(3)4)15-14-12-8-6-7-9-13(12)17-5/h6-11H,1-5H3. The Bertz CT molecular complexity index is 367. The summed E-state index contributed by atoms with van der Waals surface area (Å²) in [5.41, 5.74) is 0.751. The topological polar surface area (TPSA) is 37.2 Å². The van der Waals surface area contributed by atoms with Gasteiger partial charge in [-0.05, 0) is 39.8 Å². The van der Waals surface area contributed by atoms with Crippen LogP contribution in [0.15, 0.2) is 34.6 Å². The molecule has 0 bridgehead atoms. The molecule has 0 unspecified atom stereocenters. The summed E-state index contributed by atoms with van der Waals surface area (Å²) in [4.78, 5) is 0. The van der Waals surface area contributed by atoms with Crippen molar-refractivity contribution < 1.29 is 4.74 Å². The Balaban J connectivity index is 2.88. The van der Waals surface area contributed by atoms with E-state index >= 15 is 0 Å². The monoisotopic (exact) mass is 235 g/mol. The van der Waals surface area contributed by atoms with E-state index in [-0.39, 0.29) is 0 Å². The zero-order valence-corrected chi connectivity index (χ0v) is 11.2. The third-order valence-electron chi connectivity index (χ3n) is 2.40. The lowest BCUT2D eigenvalue weighted by Crippen LogP contribution is -2.31. The maximum Gasteiger partial charge on any atom is 0.146 e. The lowest BCUT2D eigenvalue weighted by molar-refractivity contribution is 0.169. The van der Waals surface area contributed by atoms with Crippen molar-refractivity contribution in [2.45, 2.75) is 39.8 Å². The second-order valence-electron chi connectivity index (χ2n) is 4.43. The molecule has 0 fully saturated rings. The highest BCUT2D eigenvalue weighted by Gasteiger charge is 2.10. The van der Waals surface area contributed by atoms with Crippen molar-refractivity contribution >= 4 is 5.69 Å². The van der Waals surface area contributed by atoms with Gasteiger partial charge in [-0.2, -0.15) is 0 Å². The fourth-order valence-electron chi connectivity index (χ4n) is 1.62. The SMILES string of the molecule is COc1ccccc1N=NN(C(C)C)C(C)C. The number of methoxy groups -OCH3 is 1. The van der Waals surface area contributed by atoms with Crippen LogP contribution in [0.4, 0.5) is 5.69 Å². The minimum atomic E-state index is 0.327. The highest BCUT2D eigenvalue weighted by molar-refractivity contribution is 5.50. The summed E-state index contributed by atoms with van der Waals surface area (Å²) in [7, 11) is 1.64. The molecule has 0 saturated carbocycles. The van der Waals surface area contributed by atoms with Gasteiger partial charge in [0.15, 0.2) is 0 Å². The van der Waals surface area contributed by atoms with Gasteiger partial charge in [-0.1, -0.05) is 17.4 Å². The predicted octanol–water partition coefficient (Wildman–Crippen LogP) is 3.81. The Kier molecular flexibility index (Phi) is 4.94. The van der Waals surface area contributed by atoms with Crippen LogP contribution < -0.4 is 4.74 Å². The molecule has 94 valence electrons. The second kappa shape index (κ2) is 6.23. The average Bonchev–Trinajstić information content (AvgIpc) is 2.29. The molecule has 0 saturated heterocycles. The molecule has 1 aromatic carbocycles. The zero-order valence-electron chi connectivity index (χ0n) is 11.2. The van der Waals surface area contributed by atoms with Crippen molar-refractivity contribution in [3.05, 3.63) is 24.3 Å². The van der Waals surface area contributed by atoms with Crippen LogP contribution >= 0.6 is 0 Å². The molecule has 0 aliphatic heterocycles. The smallest absolute Gasteiger partial charge is 0.146 e. The van der Waals surface area contributed by atoms with Gasteiger partial charge >= 0.3 is 0 Å². The van der Waals surface area contributed by atoms with Gasteiger partial charge in [0.05, 0.1) is 7.11 Å². The normalized spacial score (nSPS) is 11.5. The maximum atomic E-state index is 5.23. The van der Waals surface area contributed by atoms with E-state index in [9.17, 15) is 0 Å². The van der Waals surface area contributed by atoms with E-state index in [1.165, 1.54) is 0 Å². The van der Waals surface area contributed by atoms with E-state index in [2.05, 4.69) is 38.0 Å². The second-order valence-corrected chi connectivity index (χ2v) is 4.43. The molecular formula is C13H21N3O. The summed E-state index contributed by atoms with van der Waals surface area (Å²) >= 11 is 0. The first-order valence-corrected chi connectivity index (χ1v) is 5.89. The van der Waals surface area contributed by atoms with Crippen molar-refractivity contribution in [2.24, 2.45) is 10.3 Å². The quantitative estimate of drug-likeness (QED) is 0.575. The Labute approximate surface area is 103 Å². The summed E-state index contributed by atoms with van der Waals surface area (Å²) in [6.45, 7) is 8.39. The van der Waals surface area contributed by atoms with Gasteiger partial charge in [-0.3, -0.25) is 5.01 Å². The van der Waals surface area contributed by atoms with Crippen LogP contribution in [-0.2, 0) is 0 Å². The molecule has 1 rings (SSSR count). The predicted molar refractivity (Wildman–Crippen MR) is 69.6 cm³/mol. The van der Waals surface area contributed by atoms with E-state index in [0.717, 1.165) is 11.4 Å². The first-order chi connectivity index (χ1) is 8.06. The molecule has 0 amide bonds. The summed E-state index contributed by atoms with van der Waals surface area (Å²) < 4.78 is 5.23. The van der Waals surface area contributed by atoms with Crippen LogP contribution in [0.5, 0.6) is 5.75 Å². The third kappa shape index (κ3) is 3.73. The Morgan fingerprint density at radius 1 is 1.06 bits per heavy atom. The summed E-state index contributed by atoms with van der Waals surface area (Å²) in [6.07, 6.45) is 0. The Morgan fingerprint density at radius 2 is 1.65 bits per heavy atom. The van der Waals surface area contributed by atoms with E-state index in [1.807, 2.05) is 29.3 Å². The van der Waals surface area contributed by atoms with Crippen LogP contribution in [0.25, 0.3) is 0 Å². The molecule has 4 nitrogen and oxygen atoms in total. The Morgan fingerprint density at radius 3 is 2.18 bits per heavy atom. The van der Waals surface area contributed by atoms with E-state index in [1.54, 1.807) is 7.11 Å². The van der Waals surface area contributed by atoms with E-state index < -0.39 is 0 Å².